The van der Waals surface area contributed by atoms with E-state index in [2.05, 4.69) is 67.6 Å². The highest BCUT2D eigenvalue weighted by Crippen LogP contribution is 2.47. The molecule has 1 aliphatic rings. The van der Waals surface area contributed by atoms with E-state index in [1.165, 1.54) is 90.0 Å². The molecule has 0 aromatic heterocycles. The highest BCUT2D eigenvalue weighted by Gasteiger charge is 2.40. The van der Waals surface area contributed by atoms with Crippen molar-refractivity contribution in [2.75, 3.05) is 6.54 Å². The van der Waals surface area contributed by atoms with Crippen LogP contribution < -0.4 is 5.32 Å². The lowest BCUT2D eigenvalue weighted by molar-refractivity contribution is 0.0230. The Morgan fingerprint density at radius 1 is 0.727 bits per heavy atom. The summed E-state index contributed by atoms with van der Waals surface area (Å²) in [6.45, 7) is 23.4. The smallest absolute Gasteiger partial charge is 0.00670 e. The van der Waals surface area contributed by atoms with E-state index in [0.29, 0.717) is 0 Å². The summed E-state index contributed by atoms with van der Waals surface area (Å²) in [6, 6.07) is 0.733. The van der Waals surface area contributed by atoms with Gasteiger partial charge in [-0.1, -0.05) is 127 Å². The molecule has 0 spiro atoms. The van der Waals surface area contributed by atoms with Gasteiger partial charge in [0.15, 0.2) is 0 Å². The van der Waals surface area contributed by atoms with Gasteiger partial charge in [0.2, 0.25) is 0 Å². The minimum Gasteiger partial charge on any atom is -0.314 e. The van der Waals surface area contributed by atoms with Crippen molar-refractivity contribution in [1.29, 1.82) is 0 Å². The first-order chi connectivity index (χ1) is 15.8. The monoisotopic (exact) mass is 464 g/mol. The Balaban J connectivity index is 2.65. The zero-order chi connectivity index (χ0) is 24.8. The fourth-order valence-corrected chi connectivity index (χ4v) is 7.14. The average Bonchev–Trinajstić information content (AvgIpc) is 2.80. The van der Waals surface area contributed by atoms with Crippen LogP contribution in [0.3, 0.4) is 0 Å². The fourth-order valence-electron chi connectivity index (χ4n) is 7.14. The first kappa shape index (κ1) is 31.0. The molecular weight excluding hydrogens is 398 g/mol. The summed E-state index contributed by atoms with van der Waals surface area (Å²) in [5, 5.41) is 4.09. The molecule has 1 N–H and O–H groups in total. The van der Waals surface area contributed by atoms with Gasteiger partial charge in [-0.15, -0.1) is 0 Å². The van der Waals surface area contributed by atoms with Crippen molar-refractivity contribution in [2.24, 2.45) is 47.3 Å². The molecule has 33 heavy (non-hydrogen) atoms. The molecule has 0 radical (unpaired) electrons. The predicted octanol–water partition coefficient (Wildman–Crippen LogP) is 10.1. The lowest BCUT2D eigenvalue weighted by atomic mass is 9.59. The molecule has 0 heterocycles. The molecule has 0 aromatic carbocycles. The molecule has 0 bridgehead atoms. The summed E-state index contributed by atoms with van der Waals surface area (Å²) >= 11 is 0. The zero-order valence-corrected chi connectivity index (χ0v) is 24.6. The van der Waals surface area contributed by atoms with Gasteiger partial charge in [-0.2, -0.15) is 0 Å². The quantitative estimate of drug-likeness (QED) is 0.199. The maximum atomic E-state index is 4.09. The van der Waals surface area contributed by atoms with Crippen LogP contribution in [0.4, 0.5) is 0 Å². The third kappa shape index (κ3) is 10.6. The highest BCUT2D eigenvalue weighted by atomic mass is 14.9. The van der Waals surface area contributed by atoms with Gasteiger partial charge >= 0.3 is 0 Å². The Labute approximate surface area is 211 Å². The molecule has 1 fully saturated rings. The minimum atomic E-state index is 0.733. The molecule has 0 aliphatic heterocycles. The van der Waals surface area contributed by atoms with Crippen LogP contribution in [0.1, 0.15) is 146 Å². The molecule has 0 aromatic rings. The lowest BCUT2D eigenvalue weighted by Gasteiger charge is -2.47. The first-order valence-corrected chi connectivity index (χ1v) is 15.5. The van der Waals surface area contributed by atoms with Crippen molar-refractivity contribution >= 4 is 0 Å². The molecule has 0 amide bonds. The molecule has 1 saturated carbocycles. The van der Waals surface area contributed by atoms with E-state index in [1.54, 1.807) is 0 Å². The van der Waals surface area contributed by atoms with Crippen LogP contribution in [0.5, 0.6) is 0 Å². The molecule has 4 unspecified atom stereocenters. The second-order valence-electron chi connectivity index (χ2n) is 12.5. The number of hydrogen-bond acceptors (Lipinski definition) is 1. The third-order valence-corrected chi connectivity index (χ3v) is 9.99. The summed E-state index contributed by atoms with van der Waals surface area (Å²) in [7, 11) is 0. The second-order valence-corrected chi connectivity index (χ2v) is 12.5. The van der Waals surface area contributed by atoms with Crippen molar-refractivity contribution in [2.45, 2.75) is 152 Å². The Hall–Kier alpha value is -0.0400. The van der Waals surface area contributed by atoms with Gasteiger partial charge in [-0.05, 0) is 73.2 Å². The van der Waals surface area contributed by atoms with Gasteiger partial charge in [0.1, 0.15) is 0 Å². The molecule has 1 nitrogen and oxygen atoms in total. The van der Waals surface area contributed by atoms with E-state index in [-0.39, 0.29) is 0 Å². The number of hydrogen-bond donors (Lipinski definition) is 1. The van der Waals surface area contributed by atoms with Gasteiger partial charge in [-0.25, -0.2) is 0 Å². The van der Waals surface area contributed by atoms with Gasteiger partial charge in [0, 0.05) is 6.04 Å². The van der Waals surface area contributed by atoms with Crippen LogP contribution in [0.25, 0.3) is 0 Å². The van der Waals surface area contributed by atoms with Crippen LogP contribution in [-0.2, 0) is 0 Å². The van der Waals surface area contributed by atoms with Crippen LogP contribution in [0.15, 0.2) is 0 Å². The highest BCUT2D eigenvalue weighted by molar-refractivity contribution is 4.90. The van der Waals surface area contributed by atoms with Gasteiger partial charge in [-0.3, -0.25) is 0 Å². The zero-order valence-electron chi connectivity index (χ0n) is 24.6. The summed E-state index contributed by atoms with van der Waals surface area (Å²) in [6.07, 6.45) is 18.1. The molecule has 0 saturated heterocycles. The number of rotatable bonds is 18. The van der Waals surface area contributed by atoms with Gasteiger partial charge in [0.05, 0.1) is 0 Å². The SMILES string of the molecule is CCCC(CCCCC(C)[C@@H](C)CC)NC[C@H](C)C1CC[C@H](C)C(C)[C@H]1C(CCC)CCC. The predicted molar refractivity (Wildman–Crippen MR) is 151 cm³/mol. The Morgan fingerprint density at radius 2 is 1.33 bits per heavy atom. The summed E-state index contributed by atoms with van der Waals surface area (Å²) in [5.74, 6) is 7.20. The molecule has 1 rings (SSSR count). The lowest BCUT2D eigenvalue weighted by Crippen LogP contribution is -2.43. The molecular formula is C32H65N. The minimum absolute atomic E-state index is 0.733. The van der Waals surface area contributed by atoms with E-state index in [0.717, 1.165) is 53.4 Å². The standard InChI is InChI=1S/C32H65N/c1-10-16-29(17-11-2)32-28(9)26(7)21-22-31(32)27(8)23-33-30(18-12-3)20-15-14-19-25(6)24(5)13-4/h24-33H,10-23H2,1-9H3/t24-,25?,26-,27-,28?,30?,31?,32-/m0/s1. The third-order valence-electron chi connectivity index (χ3n) is 9.99. The largest absolute Gasteiger partial charge is 0.314 e. The molecule has 198 valence electrons. The van der Waals surface area contributed by atoms with Crippen LogP contribution in [0, 0.1) is 47.3 Å². The van der Waals surface area contributed by atoms with E-state index < -0.39 is 0 Å². The first-order valence-electron chi connectivity index (χ1n) is 15.5. The number of nitrogens with one attached hydrogen (secondary N) is 1. The van der Waals surface area contributed by atoms with Crippen LogP contribution in [0.2, 0.25) is 0 Å². The second kappa shape index (κ2) is 17.4. The van der Waals surface area contributed by atoms with Crippen molar-refractivity contribution in [3.63, 3.8) is 0 Å². The van der Waals surface area contributed by atoms with Gasteiger partial charge < -0.3 is 5.32 Å². The van der Waals surface area contributed by atoms with Crippen molar-refractivity contribution in [3.8, 4) is 0 Å². The summed E-state index contributed by atoms with van der Waals surface area (Å²) in [4.78, 5) is 0. The average molecular weight is 464 g/mol. The van der Waals surface area contributed by atoms with Crippen LogP contribution >= 0.6 is 0 Å². The molecule has 1 heteroatoms. The van der Waals surface area contributed by atoms with Crippen molar-refractivity contribution in [1.82, 2.24) is 5.32 Å². The Bertz CT molecular complexity index is 453. The van der Waals surface area contributed by atoms with E-state index in [9.17, 15) is 0 Å². The maximum absolute atomic E-state index is 4.09. The maximum Gasteiger partial charge on any atom is 0.00670 e. The molecule has 8 atom stereocenters. The van der Waals surface area contributed by atoms with Crippen molar-refractivity contribution in [3.05, 3.63) is 0 Å². The van der Waals surface area contributed by atoms with E-state index in [4.69, 9.17) is 0 Å². The normalized spacial score (nSPS) is 27.5. The molecule has 1 aliphatic carbocycles. The Kier molecular flexibility index (Phi) is 16.3. The van der Waals surface area contributed by atoms with Gasteiger partial charge in [0.25, 0.3) is 0 Å². The summed E-state index contributed by atoms with van der Waals surface area (Å²) < 4.78 is 0. The Morgan fingerprint density at radius 3 is 1.91 bits per heavy atom. The fraction of sp³-hybridized carbons (Fsp3) is 1.00. The topological polar surface area (TPSA) is 12.0 Å². The van der Waals surface area contributed by atoms with E-state index >= 15 is 0 Å². The van der Waals surface area contributed by atoms with Crippen molar-refractivity contribution < 1.29 is 0 Å². The van der Waals surface area contributed by atoms with E-state index in [1.807, 2.05) is 0 Å². The summed E-state index contributed by atoms with van der Waals surface area (Å²) in [5.41, 5.74) is 0. The number of unbranched alkanes of at least 4 members (excludes halogenated alkanes) is 1. The van der Waals surface area contributed by atoms with Crippen LogP contribution in [-0.4, -0.2) is 12.6 Å².